The van der Waals surface area contributed by atoms with Crippen molar-refractivity contribution in [1.29, 1.82) is 0 Å². The summed E-state index contributed by atoms with van der Waals surface area (Å²) >= 11 is 0. The van der Waals surface area contributed by atoms with Crippen LogP contribution in [0.15, 0.2) is 53.7 Å². The van der Waals surface area contributed by atoms with Crippen LogP contribution in [0.25, 0.3) is 0 Å². The van der Waals surface area contributed by atoms with E-state index in [1.165, 1.54) is 19.1 Å². The van der Waals surface area contributed by atoms with E-state index < -0.39 is 41.0 Å². The van der Waals surface area contributed by atoms with Crippen molar-refractivity contribution in [1.82, 2.24) is 0 Å². The summed E-state index contributed by atoms with van der Waals surface area (Å²) < 4.78 is 6.06. The molecule has 4 heterocycles. The van der Waals surface area contributed by atoms with Gasteiger partial charge in [-0.05, 0) is 31.2 Å². The van der Waals surface area contributed by atoms with Crippen LogP contribution in [0.2, 0.25) is 0 Å². The van der Waals surface area contributed by atoms with E-state index in [2.05, 4.69) is 5.16 Å². The Labute approximate surface area is 186 Å². The lowest BCUT2D eigenvalue weighted by Gasteiger charge is -2.26. The Kier molecular flexibility index (Phi) is 4.06. The van der Waals surface area contributed by atoms with E-state index in [1.807, 2.05) is 0 Å². The minimum absolute atomic E-state index is 0.0760. The fourth-order valence-corrected chi connectivity index (χ4v) is 5.47. The van der Waals surface area contributed by atoms with Gasteiger partial charge in [0.05, 0.1) is 40.2 Å². The molecule has 0 unspecified atom stereocenters. The van der Waals surface area contributed by atoms with Gasteiger partial charge >= 0.3 is 0 Å². The number of benzene rings is 2. The van der Waals surface area contributed by atoms with Crippen LogP contribution in [-0.4, -0.2) is 46.5 Å². The molecule has 2 aromatic rings. The number of anilines is 1. The molecule has 0 radical (unpaired) electrons. The Hall–Kier alpha value is -3.92. The first-order valence-electron chi connectivity index (χ1n) is 10.5. The summed E-state index contributed by atoms with van der Waals surface area (Å²) in [4.78, 5) is 55.7. The zero-order valence-electron chi connectivity index (χ0n) is 17.3. The predicted molar refractivity (Wildman–Crippen MR) is 113 cm³/mol. The molecule has 4 aliphatic rings. The Bertz CT molecular complexity index is 1270. The van der Waals surface area contributed by atoms with Crippen LogP contribution >= 0.6 is 0 Å². The Morgan fingerprint density at radius 1 is 1.00 bits per heavy atom. The molecule has 10 nitrogen and oxygen atoms in total. The van der Waals surface area contributed by atoms with E-state index in [0.717, 1.165) is 4.90 Å². The summed E-state index contributed by atoms with van der Waals surface area (Å²) in [5, 5.41) is 15.3. The number of nitro groups is 1. The Morgan fingerprint density at radius 2 is 1.70 bits per heavy atom. The van der Waals surface area contributed by atoms with Crippen LogP contribution in [0.1, 0.15) is 22.8 Å². The maximum absolute atomic E-state index is 13.4. The SMILES string of the molecule is CC(=O)c1ccc(N2C(=O)[C@@H]3[C@H]4O[C@@H]([C@H]5ON=C(c6cccc([N+](=O)[O-])c6)[C@@H]54)[C@@H]3C2=O)cc1. The standard InChI is InChI=1S/C23H17N3O7/c1-10(27)11-5-7-13(8-6-11)25-22(28)15-16(23(25)29)20-21-17(19(15)32-20)18(24-33-21)12-3-2-4-14(9-12)26(30)31/h2-9,15-17,19-21H,1H3/t15-,16+,17+,19+,20+,21-/m0/s1. The largest absolute Gasteiger partial charge is 0.389 e. The molecule has 0 N–H and O–H groups in total. The average molecular weight is 447 g/mol. The third kappa shape index (κ3) is 2.64. The Balaban J connectivity index is 1.32. The van der Waals surface area contributed by atoms with Gasteiger partial charge in [-0.15, -0.1) is 0 Å². The molecule has 10 heteroatoms. The molecule has 2 aromatic carbocycles. The number of hydrogen-bond acceptors (Lipinski definition) is 8. The minimum atomic E-state index is -0.693. The highest BCUT2D eigenvalue weighted by Gasteiger charge is 2.72. The van der Waals surface area contributed by atoms with E-state index in [4.69, 9.17) is 9.57 Å². The van der Waals surface area contributed by atoms with Gasteiger partial charge in [0.25, 0.3) is 5.69 Å². The average Bonchev–Trinajstić information content (AvgIpc) is 3.54. The number of rotatable bonds is 4. The van der Waals surface area contributed by atoms with Gasteiger partial charge in [-0.3, -0.25) is 24.5 Å². The second kappa shape index (κ2) is 6.79. The fourth-order valence-electron chi connectivity index (χ4n) is 5.47. The zero-order valence-corrected chi connectivity index (χ0v) is 17.3. The molecule has 2 bridgehead atoms. The van der Waals surface area contributed by atoms with E-state index in [9.17, 15) is 24.5 Å². The summed E-state index contributed by atoms with van der Waals surface area (Å²) in [7, 11) is 0. The molecular weight excluding hydrogens is 430 g/mol. The molecule has 0 aliphatic carbocycles. The topological polar surface area (TPSA) is 128 Å². The highest BCUT2D eigenvalue weighted by atomic mass is 16.7. The van der Waals surface area contributed by atoms with Crippen LogP contribution in [0.3, 0.4) is 0 Å². The smallest absolute Gasteiger partial charge is 0.270 e. The summed E-state index contributed by atoms with van der Waals surface area (Å²) in [6, 6.07) is 12.4. The normalized spacial score (nSPS) is 31.3. The molecule has 33 heavy (non-hydrogen) atoms. The molecule has 3 saturated heterocycles. The van der Waals surface area contributed by atoms with Gasteiger partial charge < -0.3 is 9.57 Å². The summed E-state index contributed by atoms with van der Waals surface area (Å²) in [6.07, 6.45) is -1.80. The molecule has 0 saturated carbocycles. The van der Waals surface area contributed by atoms with E-state index in [-0.39, 0.29) is 23.3 Å². The third-order valence-electron chi connectivity index (χ3n) is 6.93. The number of Topliss-reactive ketones (excluding diaryl/α,β-unsaturated/α-hetero) is 1. The monoisotopic (exact) mass is 447 g/mol. The van der Waals surface area contributed by atoms with Crippen LogP contribution in [0.4, 0.5) is 11.4 Å². The van der Waals surface area contributed by atoms with Gasteiger partial charge in [0.2, 0.25) is 11.8 Å². The quantitative estimate of drug-likeness (QED) is 0.304. The van der Waals surface area contributed by atoms with Gasteiger partial charge in [0.1, 0.15) is 6.10 Å². The number of non-ortho nitro benzene ring substituents is 1. The second-order valence-electron chi connectivity index (χ2n) is 8.61. The number of fused-ring (bicyclic) bond motifs is 8. The van der Waals surface area contributed by atoms with E-state index in [0.29, 0.717) is 22.5 Å². The first-order chi connectivity index (χ1) is 15.9. The molecule has 6 rings (SSSR count). The van der Waals surface area contributed by atoms with Crippen LogP contribution in [0.5, 0.6) is 0 Å². The van der Waals surface area contributed by atoms with Crippen LogP contribution in [-0.2, 0) is 19.2 Å². The number of carbonyl (C=O) groups excluding carboxylic acids is 3. The summed E-state index contributed by atoms with van der Waals surface area (Å²) in [5.74, 6) is -2.62. The van der Waals surface area contributed by atoms with Crippen molar-refractivity contribution in [3.05, 3.63) is 69.8 Å². The number of carbonyl (C=O) groups is 3. The first-order valence-corrected chi connectivity index (χ1v) is 10.5. The first kappa shape index (κ1) is 19.7. The van der Waals surface area contributed by atoms with Crippen LogP contribution < -0.4 is 4.90 Å². The predicted octanol–water partition coefficient (Wildman–Crippen LogP) is 2.10. The maximum Gasteiger partial charge on any atom is 0.270 e. The van der Waals surface area contributed by atoms with E-state index >= 15 is 0 Å². The van der Waals surface area contributed by atoms with Gasteiger partial charge in [-0.1, -0.05) is 17.3 Å². The number of amides is 2. The number of ketones is 1. The van der Waals surface area contributed by atoms with Crippen molar-refractivity contribution in [3.63, 3.8) is 0 Å². The molecule has 3 fully saturated rings. The van der Waals surface area contributed by atoms with Crippen molar-refractivity contribution in [2.45, 2.75) is 25.2 Å². The Morgan fingerprint density at radius 3 is 2.36 bits per heavy atom. The number of oxime groups is 1. The number of nitrogens with zero attached hydrogens (tertiary/aromatic N) is 3. The fraction of sp³-hybridized carbons (Fsp3) is 0.304. The molecule has 4 aliphatic heterocycles. The van der Waals surface area contributed by atoms with Crippen molar-refractivity contribution >= 4 is 34.7 Å². The molecule has 166 valence electrons. The zero-order chi connectivity index (χ0) is 23.0. The number of hydrogen-bond donors (Lipinski definition) is 0. The lowest BCUT2D eigenvalue weighted by Crippen LogP contribution is -2.45. The molecule has 0 spiro atoms. The number of ether oxygens (including phenoxy) is 1. The van der Waals surface area contributed by atoms with Crippen molar-refractivity contribution in [3.8, 4) is 0 Å². The van der Waals surface area contributed by atoms with Gasteiger partial charge in [-0.25, -0.2) is 4.90 Å². The number of nitro benzene ring substituents is 1. The molecule has 6 atom stereocenters. The lowest BCUT2D eigenvalue weighted by atomic mass is 9.71. The van der Waals surface area contributed by atoms with Crippen molar-refractivity contribution in [2.75, 3.05) is 4.90 Å². The van der Waals surface area contributed by atoms with Crippen molar-refractivity contribution in [2.24, 2.45) is 22.9 Å². The molecular formula is C23H17N3O7. The highest BCUT2D eigenvalue weighted by Crippen LogP contribution is 2.55. The van der Waals surface area contributed by atoms with E-state index in [1.54, 1.807) is 36.4 Å². The molecule has 0 aromatic heterocycles. The van der Waals surface area contributed by atoms with Crippen LogP contribution in [0, 0.1) is 27.9 Å². The number of imide groups is 1. The minimum Gasteiger partial charge on any atom is -0.389 e. The van der Waals surface area contributed by atoms with Gasteiger partial charge in [0.15, 0.2) is 11.9 Å². The highest BCUT2D eigenvalue weighted by molar-refractivity contribution is 6.23. The third-order valence-corrected chi connectivity index (χ3v) is 6.93. The second-order valence-corrected chi connectivity index (χ2v) is 8.61. The summed E-state index contributed by atoms with van der Waals surface area (Å²) in [5.41, 5.74) is 1.83. The van der Waals surface area contributed by atoms with Gasteiger partial charge in [-0.2, -0.15) is 0 Å². The van der Waals surface area contributed by atoms with Crippen molar-refractivity contribution < 1.29 is 28.9 Å². The summed E-state index contributed by atoms with van der Waals surface area (Å²) in [6.45, 7) is 1.44. The molecule has 2 amide bonds. The lowest BCUT2D eigenvalue weighted by molar-refractivity contribution is -0.384. The maximum atomic E-state index is 13.4. The van der Waals surface area contributed by atoms with Gasteiger partial charge in [0, 0.05) is 23.3 Å².